The van der Waals surface area contributed by atoms with Gasteiger partial charge in [0, 0.05) is 0 Å². The summed E-state index contributed by atoms with van der Waals surface area (Å²) in [6.07, 6.45) is 0.535. The molecular weight excluding hydrogens is 162 g/mol. The van der Waals surface area contributed by atoms with Crippen molar-refractivity contribution in [2.24, 2.45) is 16.5 Å². The fraction of sp³-hybridized carbons (Fsp3) is 0.667. The number of nitrogens with zero attached hydrogens (tertiary/aromatic N) is 1. The van der Waals surface area contributed by atoms with Crippen LogP contribution >= 0.6 is 12.6 Å². The van der Waals surface area contributed by atoms with Crippen LogP contribution in [0.1, 0.15) is 20.3 Å². The minimum absolute atomic E-state index is 0.0863. The Morgan fingerprint density at radius 2 is 2.09 bits per heavy atom. The zero-order valence-electron chi connectivity index (χ0n) is 6.66. The van der Waals surface area contributed by atoms with Crippen molar-refractivity contribution in [3.05, 3.63) is 0 Å². The molecule has 5 heteroatoms. The van der Waals surface area contributed by atoms with Gasteiger partial charge in [-0.3, -0.25) is 4.79 Å². The van der Waals surface area contributed by atoms with E-state index in [0.29, 0.717) is 6.42 Å². The zero-order chi connectivity index (χ0) is 9.07. The monoisotopic (exact) mass is 175 g/mol. The van der Waals surface area contributed by atoms with E-state index in [-0.39, 0.29) is 11.1 Å². The maximum Gasteiger partial charge on any atom is 0.213 e. The van der Waals surface area contributed by atoms with Crippen LogP contribution in [0, 0.1) is 0 Å². The van der Waals surface area contributed by atoms with Gasteiger partial charge in [0.15, 0.2) is 5.96 Å². The minimum atomic E-state index is -0.873. The molecule has 0 aliphatic rings. The van der Waals surface area contributed by atoms with Crippen LogP contribution in [-0.2, 0) is 4.79 Å². The Balaban J connectivity index is 4.62. The molecule has 0 saturated carbocycles. The van der Waals surface area contributed by atoms with Crippen molar-refractivity contribution in [1.82, 2.24) is 0 Å². The van der Waals surface area contributed by atoms with E-state index < -0.39 is 5.54 Å². The normalized spacial score (nSPS) is 15.2. The summed E-state index contributed by atoms with van der Waals surface area (Å²) in [5, 5.41) is -0.326. The van der Waals surface area contributed by atoms with Gasteiger partial charge in [0.05, 0.1) is 0 Å². The average Bonchev–Trinajstić information content (AvgIpc) is 1.86. The molecule has 0 saturated heterocycles. The predicted octanol–water partition coefficient (Wildman–Crippen LogP) is -0.115. The second-order valence-electron chi connectivity index (χ2n) is 2.47. The van der Waals surface area contributed by atoms with Gasteiger partial charge < -0.3 is 11.5 Å². The first kappa shape index (κ1) is 10.3. The number of rotatable bonds is 3. The molecule has 0 spiro atoms. The van der Waals surface area contributed by atoms with Crippen molar-refractivity contribution in [2.45, 2.75) is 25.8 Å². The minimum Gasteiger partial charge on any atom is -0.370 e. The number of thiol groups is 1. The van der Waals surface area contributed by atoms with E-state index in [0.717, 1.165) is 0 Å². The van der Waals surface area contributed by atoms with Crippen LogP contribution < -0.4 is 11.5 Å². The maximum absolute atomic E-state index is 10.9. The molecule has 0 radical (unpaired) electrons. The number of hydrogen-bond acceptors (Lipinski definition) is 2. The lowest BCUT2D eigenvalue weighted by Crippen LogP contribution is -2.35. The molecule has 4 nitrogen and oxygen atoms in total. The summed E-state index contributed by atoms with van der Waals surface area (Å²) in [6.45, 7) is 3.46. The van der Waals surface area contributed by atoms with E-state index in [9.17, 15) is 4.79 Å². The van der Waals surface area contributed by atoms with Crippen molar-refractivity contribution >= 4 is 23.7 Å². The van der Waals surface area contributed by atoms with E-state index in [2.05, 4.69) is 17.6 Å². The van der Waals surface area contributed by atoms with E-state index in [1.807, 2.05) is 6.92 Å². The van der Waals surface area contributed by atoms with Gasteiger partial charge in [-0.05, 0) is 13.3 Å². The van der Waals surface area contributed by atoms with Gasteiger partial charge in [-0.25, -0.2) is 4.99 Å². The van der Waals surface area contributed by atoms with Gasteiger partial charge in [0.1, 0.15) is 5.54 Å². The van der Waals surface area contributed by atoms with Crippen LogP contribution in [0.5, 0.6) is 0 Å². The summed E-state index contributed by atoms with van der Waals surface area (Å²) in [7, 11) is 0. The molecule has 0 aromatic heterocycles. The second-order valence-corrected chi connectivity index (χ2v) is 2.88. The summed E-state index contributed by atoms with van der Waals surface area (Å²) in [4.78, 5) is 14.7. The molecular formula is C6H13N3OS. The molecule has 0 bridgehead atoms. The van der Waals surface area contributed by atoms with E-state index in [1.165, 1.54) is 0 Å². The van der Waals surface area contributed by atoms with Gasteiger partial charge >= 0.3 is 0 Å². The van der Waals surface area contributed by atoms with Crippen molar-refractivity contribution in [2.75, 3.05) is 0 Å². The molecule has 0 aliphatic carbocycles. The van der Waals surface area contributed by atoms with Gasteiger partial charge in [0.25, 0.3) is 0 Å². The Hall–Kier alpha value is -0.710. The average molecular weight is 175 g/mol. The summed E-state index contributed by atoms with van der Waals surface area (Å²) >= 11 is 3.68. The molecule has 0 rings (SSSR count). The van der Waals surface area contributed by atoms with Gasteiger partial charge in [-0.1, -0.05) is 6.92 Å². The highest BCUT2D eigenvalue weighted by Gasteiger charge is 2.27. The van der Waals surface area contributed by atoms with E-state index in [4.69, 9.17) is 11.5 Å². The number of carbonyl (C=O) groups is 1. The fourth-order valence-electron chi connectivity index (χ4n) is 0.563. The van der Waals surface area contributed by atoms with Crippen LogP contribution in [0.15, 0.2) is 4.99 Å². The topological polar surface area (TPSA) is 81.5 Å². The van der Waals surface area contributed by atoms with Crippen LogP contribution in [0.2, 0.25) is 0 Å². The summed E-state index contributed by atoms with van der Waals surface area (Å²) in [6, 6.07) is 0. The molecule has 1 unspecified atom stereocenters. The Morgan fingerprint density at radius 3 is 2.18 bits per heavy atom. The van der Waals surface area contributed by atoms with E-state index in [1.54, 1.807) is 6.92 Å². The quantitative estimate of drug-likeness (QED) is 0.318. The summed E-state index contributed by atoms with van der Waals surface area (Å²) < 4.78 is 0. The standard InChI is InChI=1S/C6H13N3OS/c1-3-6(2,4(10)11)9-5(7)8/h3H2,1-2H3,(H,10,11)(H4,7,8,9). The van der Waals surface area contributed by atoms with Crippen molar-refractivity contribution < 1.29 is 4.79 Å². The third-order valence-corrected chi connectivity index (χ3v) is 2.01. The lowest BCUT2D eigenvalue weighted by Gasteiger charge is -2.18. The maximum atomic E-state index is 10.9. The first-order valence-corrected chi connectivity index (χ1v) is 3.71. The first-order valence-electron chi connectivity index (χ1n) is 3.26. The summed E-state index contributed by atoms with van der Waals surface area (Å²) in [5.74, 6) is -0.0863. The molecule has 0 aromatic carbocycles. The van der Waals surface area contributed by atoms with Crippen LogP contribution in [-0.4, -0.2) is 16.6 Å². The predicted molar refractivity (Wildman–Crippen MR) is 48.5 cm³/mol. The SMILES string of the molecule is CCC(C)(N=C(N)N)C(=O)S. The Bertz CT molecular complexity index is 188. The largest absolute Gasteiger partial charge is 0.370 e. The van der Waals surface area contributed by atoms with Gasteiger partial charge in [-0.2, -0.15) is 0 Å². The third-order valence-electron chi connectivity index (χ3n) is 1.53. The fourth-order valence-corrected chi connectivity index (χ4v) is 0.771. The van der Waals surface area contributed by atoms with Crippen LogP contribution in [0.4, 0.5) is 0 Å². The number of carbonyl (C=O) groups excluding carboxylic acids is 1. The number of nitrogens with two attached hydrogens (primary N) is 2. The van der Waals surface area contributed by atoms with E-state index >= 15 is 0 Å². The molecule has 64 valence electrons. The third kappa shape index (κ3) is 2.80. The molecule has 0 aromatic rings. The molecule has 0 fully saturated rings. The molecule has 0 amide bonds. The highest BCUT2D eigenvalue weighted by Crippen LogP contribution is 2.17. The molecule has 1 atom stereocenters. The zero-order valence-corrected chi connectivity index (χ0v) is 7.56. The first-order chi connectivity index (χ1) is 4.92. The number of hydrogen-bond donors (Lipinski definition) is 3. The highest BCUT2D eigenvalue weighted by molar-refractivity contribution is 7.96. The van der Waals surface area contributed by atoms with Crippen LogP contribution in [0.3, 0.4) is 0 Å². The number of guanidine groups is 1. The smallest absolute Gasteiger partial charge is 0.213 e. The molecule has 11 heavy (non-hydrogen) atoms. The Labute approximate surface area is 71.5 Å². The van der Waals surface area contributed by atoms with Crippen molar-refractivity contribution in [1.29, 1.82) is 0 Å². The lowest BCUT2D eigenvalue weighted by molar-refractivity contribution is -0.114. The van der Waals surface area contributed by atoms with Gasteiger partial charge in [0.2, 0.25) is 5.12 Å². The second kappa shape index (κ2) is 3.61. The molecule has 0 aliphatic heterocycles. The highest BCUT2D eigenvalue weighted by atomic mass is 32.1. The number of aliphatic imine (C=N–C) groups is 1. The van der Waals surface area contributed by atoms with Crippen molar-refractivity contribution in [3.63, 3.8) is 0 Å². The Morgan fingerprint density at radius 1 is 1.64 bits per heavy atom. The van der Waals surface area contributed by atoms with Gasteiger partial charge in [-0.15, -0.1) is 12.6 Å². The lowest BCUT2D eigenvalue weighted by atomic mass is 10.0. The molecule has 4 N–H and O–H groups in total. The van der Waals surface area contributed by atoms with Crippen molar-refractivity contribution in [3.8, 4) is 0 Å². The summed E-state index contributed by atoms with van der Waals surface area (Å²) in [5.41, 5.74) is 9.39. The molecule has 0 heterocycles. The Kier molecular flexibility index (Phi) is 3.38. The van der Waals surface area contributed by atoms with Crippen LogP contribution in [0.25, 0.3) is 0 Å².